The Morgan fingerprint density at radius 3 is 2.71 bits per heavy atom. The van der Waals surface area contributed by atoms with Crippen molar-refractivity contribution in [3.05, 3.63) is 22.5 Å². The molecule has 0 unspecified atom stereocenters. The van der Waals surface area contributed by atoms with Crippen LogP contribution in [0.3, 0.4) is 0 Å². The van der Waals surface area contributed by atoms with Crippen LogP contribution >= 0.6 is 12.6 Å². The molecule has 0 aromatic rings. The van der Waals surface area contributed by atoms with Crippen LogP contribution in [0.15, 0.2) is 4.91 Å². The van der Waals surface area contributed by atoms with Gasteiger partial charge in [-0.15, -0.1) is 0 Å². The van der Waals surface area contributed by atoms with Crippen molar-refractivity contribution in [2.75, 3.05) is 0 Å². The molecule has 0 radical (unpaired) electrons. The maximum atomic E-state index is 7.90. The fraction of sp³-hybridized carbons (Fsp3) is 0. The summed E-state index contributed by atoms with van der Waals surface area (Å²) in [6, 6.07) is 1.62. The fourth-order valence-corrected chi connectivity index (χ4v) is 0.128. The molecule has 7 heavy (non-hydrogen) atoms. The second-order valence-corrected chi connectivity index (χ2v) is 1.13. The van der Waals surface area contributed by atoms with E-state index >= 15 is 0 Å². The molecule has 3 heteroatoms. The highest BCUT2D eigenvalue weighted by atomic mass is 32.1. The van der Waals surface area contributed by atoms with Crippen LogP contribution in [0.1, 0.15) is 0 Å². The first-order chi connectivity index (χ1) is 3.31. The Morgan fingerprint density at radius 2 is 2.57 bits per heavy atom. The van der Waals surface area contributed by atoms with Gasteiger partial charge in [0.25, 0.3) is 0 Å². The van der Waals surface area contributed by atoms with E-state index in [0.29, 0.717) is 0 Å². The summed E-state index contributed by atoms with van der Waals surface area (Å²) in [5, 5.41) is 7.90. The molecule has 0 spiro atoms. The Hall–Kier alpha value is -0.930. The lowest BCUT2D eigenvalue weighted by atomic mass is 10.7. The molecule has 0 atom stereocenters. The summed E-state index contributed by atoms with van der Waals surface area (Å²) in [6.07, 6.45) is 2.01. The molecule has 0 fully saturated rings. The molecule has 0 rings (SSSR count). The molecular formula is C4HN2S-. The molecular weight excluding hydrogens is 108 g/mol. The Morgan fingerprint density at radius 1 is 2.00 bits per heavy atom. The molecule has 0 N–H and O–H groups in total. The first kappa shape index (κ1) is 6.07. The van der Waals surface area contributed by atoms with E-state index in [1.807, 2.05) is 6.20 Å². The monoisotopic (exact) mass is 109 g/mol. The van der Waals surface area contributed by atoms with Gasteiger partial charge >= 0.3 is 0 Å². The first-order valence-corrected chi connectivity index (χ1v) is 1.84. The SMILES string of the molecule is [C-]#[N+][C-]=C(S)C#N. The zero-order valence-corrected chi connectivity index (χ0v) is 4.24. The lowest BCUT2D eigenvalue weighted by molar-refractivity contribution is 1.52. The number of thiol groups is 1. The summed E-state index contributed by atoms with van der Waals surface area (Å²) in [4.78, 5) is 2.69. The maximum absolute atomic E-state index is 7.90. The molecule has 0 aliphatic carbocycles. The largest absolute Gasteiger partial charge is 0.477 e. The van der Waals surface area contributed by atoms with Crippen LogP contribution in [-0.4, -0.2) is 0 Å². The third-order valence-electron chi connectivity index (χ3n) is 0.268. The molecule has 0 saturated heterocycles. The van der Waals surface area contributed by atoms with Gasteiger partial charge in [-0.05, 0) is 11.1 Å². The number of rotatable bonds is 0. The molecule has 0 aliphatic rings. The first-order valence-electron chi connectivity index (χ1n) is 1.39. The topological polar surface area (TPSA) is 28.1 Å². The summed E-state index contributed by atoms with van der Waals surface area (Å²) in [5.41, 5.74) is 0. The molecule has 2 nitrogen and oxygen atoms in total. The lowest BCUT2D eigenvalue weighted by Gasteiger charge is -1.81. The van der Waals surface area contributed by atoms with Crippen molar-refractivity contribution >= 4 is 12.6 Å². The molecule has 0 amide bonds. The zero-order chi connectivity index (χ0) is 5.70. The standard InChI is InChI=1S/C4HN2S/c1-6-3-4(7)2-5/h7H/q-1. The van der Waals surface area contributed by atoms with Crippen molar-refractivity contribution in [3.63, 3.8) is 0 Å². The molecule has 0 aliphatic heterocycles. The number of nitriles is 1. The van der Waals surface area contributed by atoms with Gasteiger partial charge in [0.1, 0.15) is 0 Å². The molecule has 0 heterocycles. The van der Waals surface area contributed by atoms with E-state index in [1.165, 1.54) is 0 Å². The van der Waals surface area contributed by atoms with E-state index in [4.69, 9.17) is 11.8 Å². The minimum atomic E-state index is 0.0231. The van der Waals surface area contributed by atoms with Crippen molar-refractivity contribution in [2.45, 2.75) is 0 Å². The van der Waals surface area contributed by atoms with Gasteiger partial charge < -0.3 is 4.85 Å². The van der Waals surface area contributed by atoms with E-state index in [9.17, 15) is 0 Å². The van der Waals surface area contributed by atoms with Gasteiger partial charge in [-0.1, -0.05) is 0 Å². The minimum absolute atomic E-state index is 0.0231. The van der Waals surface area contributed by atoms with Crippen LogP contribution in [0.25, 0.3) is 4.85 Å². The van der Waals surface area contributed by atoms with Crippen molar-refractivity contribution in [1.82, 2.24) is 0 Å². The predicted molar refractivity (Wildman–Crippen MR) is 28.0 cm³/mol. The molecule has 0 saturated carbocycles. The van der Waals surface area contributed by atoms with E-state index in [1.54, 1.807) is 6.07 Å². The normalized spacial score (nSPS) is 9.29. The average molecular weight is 109 g/mol. The number of allylic oxidation sites excluding steroid dienone is 1. The summed E-state index contributed by atoms with van der Waals surface area (Å²) >= 11 is 3.54. The quantitative estimate of drug-likeness (QED) is 0.280. The summed E-state index contributed by atoms with van der Waals surface area (Å²) in [6.45, 7) is 6.13. The highest BCUT2D eigenvalue weighted by Gasteiger charge is 1.66. The van der Waals surface area contributed by atoms with Crippen molar-refractivity contribution in [3.8, 4) is 6.07 Å². The van der Waals surface area contributed by atoms with Crippen LogP contribution in [0, 0.1) is 24.1 Å². The Balaban J connectivity index is 3.89. The number of hydrogen-bond donors (Lipinski definition) is 1. The third kappa shape index (κ3) is 2.88. The zero-order valence-electron chi connectivity index (χ0n) is 3.34. The van der Waals surface area contributed by atoms with Gasteiger partial charge in [-0.25, -0.2) is 0 Å². The Labute approximate surface area is 47.3 Å². The predicted octanol–water partition coefficient (Wildman–Crippen LogP) is 1.00. The molecule has 0 aromatic carbocycles. The van der Waals surface area contributed by atoms with Crippen LogP contribution in [-0.2, 0) is 0 Å². The average Bonchev–Trinajstić information content (AvgIpc) is 1.68. The summed E-state index contributed by atoms with van der Waals surface area (Å²) < 4.78 is 0. The van der Waals surface area contributed by atoms with Crippen LogP contribution in [0.2, 0.25) is 0 Å². The second kappa shape index (κ2) is 3.27. The van der Waals surface area contributed by atoms with Crippen LogP contribution in [0.5, 0.6) is 0 Å². The number of hydrogen-bond acceptors (Lipinski definition) is 2. The maximum Gasteiger partial charge on any atom is 0.0735 e. The Bertz CT molecular complexity index is 158. The minimum Gasteiger partial charge on any atom is -0.477 e. The van der Waals surface area contributed by atoms with E-state index in [0.717, 1.165) is 0 Å². The lowest BCUT2D eigenvalue weighted by Crippen LogP contribution is -1.54. The highest BCUT2D eigenvalue weighted by Crippen LogP contribution is 1.93. The van der Waals surface area contributed by atoms with Gasteiger partial charge in [0.2, 0.25) is 0 Å². The van der Waals surface area contributed by atoms with E-state index < -0.39 is 0 Å². The van der Waals surface area contributed by atoms with Crippen molar-refractivity contribution in [1.29, 1.82) is 5.26 Å². The number of nitrogens with zero attached hydrogens (tertiary/aromatic N) is 2. The van der Waals surface area contributed by atoms with E-state index in [2.05, 4.69) is 17.5 Å². The van der Waals surface area contributed by atoms with Crippen LogP contribution in [0.4, 0.5) is 0 Å². The van der Waals surface area contributed by atoms with Crippen molar-refractivity contribution < 1.29 is 0 Å². The van der Waals surface area contributed by atoms with E-state index in [-0.39, 0.29) is 4.91 Å². The molecule has 0 aromatic heterocycles. The summed E-state index contributed by atoms with van der Waals surface area (Å²) in [5.74, 6) is 0. The van der Waals surface area contributed by atoms with Gasteiger partial charge in [0.15, 0.2) is 0 Å². The van der Waals surface area contributed by atoms with Gasteiger partial charge in [-0.3, -0.25) is 6.57 Å². The third-order valence-corrected chi connectivity index (χ3v) is 0.468. The molecule has 34 valence electrons. The van der Waals surface area contributed by atoms with Crippen LogP contribution < -0.4 is 0 Å². The van der Waals surface area contributed by atoms with Gasteiger partial charge in [0, 0.05) is 0 Å². The second-order valence-electron chi connectivity index (χ2n) is 0.684. The Kier molecular flexibility index (Phi) is 2.83. The highest BCUT2D eigenvalue weighted by molar-refractivity contribution is 7.84. The van der Waals surface area contributed by atoms with Crippen molar-refractivity contribution in [2.24, 2.45) is 0 Å². The summed E-state index contributed by atoms with van der Waals surface area (Å²) in [7, 11) is 0. The smallest absolute Gasteiger partial charge is 0.0735 e. The van der Waals surface area contributed by atoms with Gasteiger partial charge in [0.05, 0.1) is 6.07 Å². The molecule has 0 bridgehead atoms. The fourth-order valence-electron chi connectivity index (χ4n) is 0.0780. The van der Waals surface area contributed by atoms with Gasteiger partial charge in [-0.2, -0.15) is 17.9 Å².